The molecule has 2 unspecified atom stereocenters. The Hall–Kier alpha value is -2.10. The minimum absolute atomic E-state index is 0.172. The molecule has 9 heteroatoms. The smallest absolute Gasteiger partial charge is 0.186 e. The van der Waals surface area contributed by atoms with Gasteiger partial charge in [0.05, 0.1) is 6.54 Å². The Balaban J connectivity index is 1.44. The molecule has 2 atom stereocenters. The molecule has 0 saturated carbocycles. The van der Waals surface area contributed by atoms with Crippen LogP contribution in [0.1, 0.15) is 12.8 Å². The molecule has 126 valence electrons. The number of anilines is 1. The fourth-order valence-corrected chi connectivity index (χ4v) is 4.31. The zero-order chi connectivity index (χ0) is 16.1. The lowest BCUT2D eigenvalue weighted by molar-refractivity contribution is -0.137. The second-order valence-electron chi connectivity index (χ2n) is 6.83. The number of nitrogens with zero attached hydrogens (tertiary/aromatic N) is 7. The molecule has 24 heavy (non-hydrogen) atoms. The molecule has 6 heterocycles. The molecule has 0 aromatic carbocycles. The third-order valence-corrected chi connectivity index (χ3v) is 5.51. The van der Waals surface area contributed by atoms with Gasteiger partial charge in [-0.3, -0.25) is 5.73 Å². The van der Waals surface area contributed by atoms with Crippen LogP contribution in [0.15, 0.2) is 25.0 Å². The van der Waals surface area contributed by atoms with Crippen molar-refractivity contribution >= 4 is 5.82 Å². The third kappa shape index (κ3) is 2.12. The standard InChI is InChI=1S/C15H20N8O/c16-14-22(7-15(24-14)6-21-3-1-11(15)2-4-21)12-5-13(19-9-18-12)23-10-17-8-20-23/h5,8-11,14H,1-4,6-7,16H2. The molecule has 2 aromatic heterocycles. The molecular weight excluding hydrogens is 308 g/mol. The van der Waals surface area contributed by atoms with Crippen molar-refractivity contribution in [2.24, 2.45) is 11.7 Å². The van der Waals surface area contributed by atoms with Crippen LogP contribution in [0.2, 0.25) is 0 Å². The molecule has 2 N–H and O–H groups in total. The zero-order valence-corrected chi connectivity index (χ0v) is 13.3. The SMILES string of the molecule is NC1OC2(CN3CCC2CC3)CN1c1cc(-n2cncn2)ncn1. The van der Waals surface area contributed by atoms with Crippen LogP contribution in [0.3, 0.4) is 0 Å². The van der Waals surface area contributed by atoms with Gasteiger partial charge >= 0.3 is 0 Å². The number of fused-ring (bicyclic) bond motifs is 2. The lowest BCUT2D eigenvalue weighted by Gasteiger charge is -2.50. The van der Waals surface area contributed by atoms with Gasteiger partial charge in [0, 0.05) is 12.6 Å². The first-order chi connectivity index (χ1) is 11.7. The molecular formula is C15H20N8O. The van der Waals surface area contributed by atoms with Crippen molar-refractivity contribution in [3.8, 4) is 5.82 Å². The van der Waals surface area contributed by atoms with Crippen molar-refractivity contribution in [2.75, 3.05) is 31.1 Å². The van der Waals surface area contributed by atoms with Gasteiger partial charge in [-0.1, -0.05) is 0 Å². The molecule has 0 amide bonds. The van der Waals surface area contributed by atoms with E-state index in [-0.39, 0.29) is 5.60 Å². The molecule has 6 rings (SSSR count). The molecule has 4 aliphatic heterocycles. The van der Waals surface area contributed by atoms with Crippen LogP contribution >= 0.6 is 0 Å². The highest BCUT2D eigenvalue weighted by atomic mass is 16.6. The van der Waals surface area contributed by atoms with Gasteiger partial charge in [-0.25, -0.2) is 19.6 Å². The van der Waals surface area contributed by atoms with Gasteiger partial charge in [0.25, 0.3) is 0 Å². The molecule has 0 aliphatic carbocycles. The van der Waals surface area contributed by atoms with E-state index in [0.29, 0.717) is 11.7 Å². The van der Waals surface area contributed by atoms with E-state index in [4.69, 9.17) is 10.5 Å². The largest absolute Gasteiger partial charge is 0.335 e. The Labute approximate surface area is 139 Å². The number of rotatable bonds is 2. The molecule has 1 spiro atoms. The van der Waals surface area contributed by atoms with Gasteiger partial charge < -0.3 is 14.5 Å². The van der Waals surface area contributed by atoms with Crippen molar-refractivity contribution in [3.05, 3.63) is 25.0 Å². The Morgan fingerprint density at radius 2 is 1.96 bits per heavy atom. The van der Waals surface area contributed by atoms with Gasteiger partial charge in [-0.05, 0) is 31.8 Å². The second-order valence-corrected chi connectivity index (χ2v) is 6.83. The lowest BCUT2D eigenvalue weighted by Crippen LogP contribution is -2.61. The Kier molecular flexibility index (Phi) is 3.09. The minimum atomic E-state index is -0.482. The Bertz CT molecular complexity index is 729. The van der Waals surface area contributed by atoms with Crippen molar-refractivity contribution in [1.82, 2.24) is 29.6 Å². The average molecular weight is 328 g/mol. The van der Waals surface area contributed by atoms with Crippen LogP contribution in [0.5, 0.6) is 0 Å². The predicted octanol–water partition coefficient (Wildman–Crippen LogP) is -0.399. The van der Waals surface area contributed by atoms with Crippen molar-refractivity contribution < 1.29 is 4.74 Å². The molecule has 4 aliphatic rings. The van der Waals surface area contributed by atoms with E-state index in [0.717, 1.165) is 18.9 Å². The fourth-order valence-electron chi connectivity index (χ4n) is 4.31. The number of nitrogens with two attached hydrogens (primary N) is 1. The Morgan fingerprint density at radius 1 is 1.12 bits per heavy atom. The number of hydrogen-bond donors (Lipinski definition) is 1. The van der Waals surface area contributed by atoms with Crippen molar-refractivity contribution in [2.45, 2.75) is 24.8 Å². The van der Waals surface area contributed by atoms with E-state index in [1.807, 2.05) is 11.0 Å². The fraction of sp³-hybridized carbons (Fsp3) is 0.600. The second kappa shape index (κ2) is 5.20. The highest BCUT2D eigenvalue weighted by Crippen LogP contribution is 2.43. The molecule has 9 nitrogen and oxygen atoms in total. The Morgan fingerprint density at radius 3 is 2.67 bits per heavy atom. The number of hydrogen-bond acceptors (Lipinski definition) is 8. The van der Waals surface area contributed by atoms with Gasteiger partial charge in [0.2, 0.25) is 0 Å². The number of piperidine rings is 3. The monoisotopic (exact) mass is 328 g/mol. The molecule has 2 aromatic rings. The van der Waals surface area contributed by atoms with E-state index < -0.39 is 6.35 Å². The molecule has 2 bridgehead atoms. The number of aromatic nitrogens is 5. The van der Waals surface area contributed by atoms with Gasteiger partial charge in [-0.15, -0.1) is 0 Å². The van der Waals surface area contributed by atoms with Crippen LogP contribution in [-0.2, 0) is 4.74 Å². The summed E-state index contributed by atoms with van der Waals surface area (Å²) in [5.41, 5.74) is 6.13. The predicted molar refractivity (Wildman–Crippen MR) is 85.3 cm³/mol. The van der Waals surface area contributed by atoms with Crippen molar-refractivity contribution in [3.63, 3.8) is 0 Å². The van der Waals surface area contributed by atoms with Gasteiger partial charge in [-0.2, -0.15) is 5.10 Å². The normalized spacial score (nSPS) is 35.0. The van der Waals surface area contributed by atoms with Crippen LogP contribution < -0.4 is 10.6 Å². The minimum Gasteiger partial charge on any atom is -0.335 e. The third-order valence-electron chi connectivity index (χ3n) is 5.51. The van der Waals surface area contributed by atoms with E-state index >= 15 is 0 Å². The zero-order valence-electron chi connectivity index (χ0n) is 13.3. The van der Waals surface area contributed by atoms with E-state index in [1.165, 1.54) is 38.6 Å². The average Bonchev–Trinajstić information content (AvgIpc) is 3.25. The summed E-state index contributed by atoms with van der Waals surface area (Å²) in [6.07, 6.45) is 6.52. The summed E-state index contributed by atoms with van der Waals surface area (Å²) in [7, 11) is 0. The highest BCUT2D eigenvalue weighted by molar-refractivity contribution is 5.45. The lowest BCUT2D eigenvalue weighted by atomic mass is 9.75. The summed E-state index contributed by atoms with van der Waals surface area (Å²) in [5, 5.41) is 4.12. The van der Waals surface area contributed by atoms with Crippen LogP contribution in [-0.4, -0.2) is 67.8 Å². The van der Waals surface area contributed by atoms with E-state index in [9.17, 15) is 0 Å². The maximum absolute atomic E-state index is 6.31. The van der Waals surface area contributed by atoms with Crippen LogP contribution in [0, 0.1) is 5.92 Å². The summed E-state index contributed by atoms with van der Waals surface area (Å²) in [4.78, 5) is 17.1. The quantitative estimate of drug-likeness (QED) is 0.795. The summed E-state index contributed by atoms with van der Waals surface area (Å²) in [6.45, 7) is 4.08. The summed E-state index contributed by atoms with van der Waals surface area (Å²) in [6, 6.07) is 1.87. The summed E-state index contributed by atoms with van der Waals surface area (Å²) >= 11 is 0. The van der Waals surface area contributed by atoms with Crippen molar-refractivity contribution in [1.29, 1.82) is 0 Å². The molecule has 0 radical (unpaired) electrons. The van der Waals surface area contributed by atoms with E-state index in [2.05, 4.69) is 25.0 Å². The van der Waals surface area contributed by atoms with Gasteiger partial charge in [0.1, 0.15) is 30.4 Å². The maximum Gasteiger partial charge on any atom is 0.186 e. The molecule has 4 saturated heterocycles. The van der Waals surface area contributed by atoms with Crippen LogP contribution in [0.4, 0.5) is 5.82 Å². The van der Waals surface area contributed by atoms with Crippen LogP contribution in [0.25, 0.3) is 5.82 Å². The van der Waals surface area contributed by atoms with E-state index in [1.54, 1.807) is 11.0 Å². The first-order valence-corrected chi connectivity index (χ1v) is 8.33. The highest BCUT2D eigenvalue weighted by Gasteiger charge is 2.54. The van der Waals surface area contributed by atoms with Gasteiger partial charge in [0.15, 0.2) is 12.2 Å². The first-order valence-electron chi connectivity index (χ1n) is 8.33. The maximum atomic E-state index is 6.31. The summed E-state index contributed by atoms with van der Waals surface area (Å²) in [5.74, 6) is 2.01. The summed E-state index contributed by atoms with van der Waals surface area (Å²) < 4.78 is 7.90. The molecule has 4 fully saturated rings. The first kappa shape index (κ1) is 14.3. The topological polar surface area (TPSA) is 98.2 Å². The number of ether oxygens (including phenoxy) is 1.